The van der Waals surface area contributed by atoms with Crippen molar-refractivity contribution in [2.24, 2.45) is 0 Å². The zero-order valence-electron chi connectivity index (χ0n) is 63.3. The monoisotopic (exact) mass is 1360 g/mol. The topological polar surface area (TPSA) is 108 Å². The smallest absolute Gasteiger partial charge is 0.462 e. The number of phosphoric acid groups is 1. The zero-order chi connectivity index (χ0) is 69.7. The van der Waals surface area contributed by atoms with Crippen LogP contribution in [-0.4, -0.2) is 74.9 Å². The van der Waals surface area contributed by atoms with Crippen molar-refractivity contribution in [3.05, 3.63) is 122 Å². The number of ether oxygens (including phenoxy) is 2. The van der Waals surface area contributed by atoms with Crippen molar-refractivity contribution >= 4 is 19.8 Å². The Balaban J connectivity index is 3.92. The molecule has 0 aromatic heterocycles. The van der Waals surface area contributed by atoms with Crippen molar-refractivity contribution < 1.29 is 42.1 Å². The highest BCUT2D eigenvalue weighted by Gasteiger charge is 2.27. The van der Waals surface area contributed by atoms with E-state index in [0.717, 1.165) is 103 Å². The fourth-order valence-corrected chi connectivity index (χ4v) is 12.2. The van der Waals surface area contributed by atoms with Crippen LogP contribution >= 0.6 is 7.82 Å². The average Bonchev–Trinajstić information content (AvgIpc) is 1.97. The molecule has 1 N–H and O–H groups in total. The summed E-state index contributed by atoms with van der Waals surface area (Å²) in [4.78, 5) is 36.0. The molecule has 9 nitrogen and oxygen atoms in total. The summed E-state index contributed by atoms with van der Waals surface area (Å²) in [6.07, 6.45) is 109. The number of nitrogens with zero attached hydrogens (tertiary/aromatic N) is 1. The van der Waals surface area contributed by atoms with E-state index in [1.165, 1.54) is 225 Å². The lowest BCUT2D eigenvalue weighted by molar-refractivity contribution is -0.870. The van der Waals surface area contributed by atoms with E-state index in [1.807, 2.05) is 21.1 Å². The first kappa shape index (κ1) is 92.4. The van der Waals surface area contributed by atoms with Crippen LogP contribution in [-0.2, 0) is 32.7 Å². The van der Waals surface area contributed by atoms with Gasteiger partial charge in [-0.1, -0.05) is 367 Å². The molecule has 0 aromatic rings. The first-order valence-electron chi connectivity index (χ1n) is 40.3. The molecule has 0 aliphatic carbocycles. The van der Waals surface area contributed by atoms with Crippen LogP contribution < -0.4 is 0 Å². The summed E-state index contributed by atoms with van der Waals surface area (Å²) < 4.78 is 34.8. The number of carbonyl (C=O) groups is 2. The maximum absolute atomic E-state index is 12.9. The number of phosphoric ester groups is 1. The summed E-state index contributed by atoms with van der Waals surface area (Å²) in [5.74, 6) is -0.788. The van der Waals surface area contributed by atoms with E-state index in [-0.39, 0.29) is 32.0 Å². The van der Waals surface area contributed by atoms with E-state index in [0.29, 0.717) is 17.4 Å². The molecule has 0 rings (SSSR count). The first-order valence-corrected chi connectivity index (χ1v) is 41.8. The Morgan fingerprint density at radius 3 is 0.833 bits per heavy atom. The molecule has 0 saturated carbocycles. The number of unbranched alkanes of at least 4 members (excludes halogenated alkanes) is 40. The normalized spacial score (nSPS) is 13.7. The van der Waals surface area contributed by atoms with Crippen molar-refractivity contribution in [1.29, 1.82) is 0 Å². The van der Waals surface area contributed by atoms with Gasteiger partial charge in [0, 0.05) is 12.8 Å². The Morgan fingerprint density at radius 1 is 0.323 bits per heavy atom. The predicted molar refractivity (Wildman–Crippen MR) is 418 cm³/mol. The second-order valence-corrected chi connectivity index (χ2v) is 29.5. The number of rotatable bonds is 74. The third-order valence-electron chi connectivity index (χ3n) is 17.5. The molecule has 0 radical (unpaired) electrons. The Kier molecular flexibility index (Phi) is 72.8. The number of likely N-dealkylation sites (N-methyl/N-ethyl adjacent to an activating group) is 1. The lowest BCUT2D eigenvalue weighted by Gasteiger charge is -2.24. The van der Waals surface area contributed by atoms with Gasteiger partial charge in [-0.2, -0.15) is 0 Å². The van der Waals surface area contributed by atoms with Gasteiger partial charge in [0.25, 0.3) is 0 Å². The molecular weight excluding hydrogens is 1210 g/mol. The molecule has 0 saturated heterocycles. The largest absolute Gasteiger partial charge is 0.472 e. The van der Waals surface area contributed by atoms with E-state index in [1.54, 1.807) is 0 Å². The third kappa shape index (κ3) is 79.4. The van der Waals surface area contributed by atoms with Crippen molar-refractivity contribution in [2.45, 2.75) is 367 Å². The second-order valence-electron chi connectivity index (χ2n) is 28.0. The number of allylic oxidation sites excluding steroid dienone is 20. The highest BCUT2D eigenvalue weighted by atomic mass is 31.2. The number of esters is 2. The summed E-state index contributed by atoms with van der Waals surface area (Å²) in [5, 5.41) is 0. The molecular formula is C86H153NO8P+. The van der Waals surface area contributed by atoms with Crippen LogP contribution in [0.5, 0.6) is 0 Å². The molecule has 10 heteroatoms. The molecule has 0 aliphatic rings. The van der Waals surface area contributed by atoms with E-state index >= 15 is 0 Å². The molecule has 0 aliphatic heterocycles. The maximum atomic E-state index is 12.9. The predicted octanol–water partition coefficient (Wildman–Crippen LogP) is 26.9. The Hall–Kier alpha value is -3.59. The molecule has 2 atom stereocenters. The first-order chi connectivity index (χ1) is 47.0. The van der Waals surface area contributed by atoms with Crippen LogP contribution in [0.1, 0.15) is 361 Å². The average molecular weight is 1360 g/mol. The molecule has 96 heavy (non-hydrogen) atoms. The summed E-state index contributed by atoms with van der Waals surface area (Å²) in [6, 6.07) is 0. The fourth-order valence-electron chi connectivity index (χ4n) is 11.4. The minimum atomic E-state index is -4.40. The molecule has 0 bridgehead atoms. The van der Waals surface area contributed by atoms with E-state index < -0.39 is 26.5 Å². The highest BCUT2D eigenvalue weighted by molar-refractivity contribution is 7.47. The molecule has 0 aromatic carbocycles. The minimum absolute atomic E-state index is 0.0291. The molecule has 0 amide bonds. The lowest BCUT2D eigenvalue weighted by Crippen LogP contribution is -2.37. The van der Waals surface area contributed by atoms with Gasteiger partial charge in [-0.25, -0.2) is 4.57 Å². The highest BCUT2D eigenvalue weighted by Crippen LogP contribution is 2.43. The van der Waals surface area contributed by atoms with Gasteiger partial charge in [0.2, 0.25) is 0 Å². The van der Waals surface area contributed by atoms with Gasteiger partial charge in [0.1, 0.15) is 19.8 Å². The van der Waals surface area contributed by atoms with E-state index in [4.69, 9.17) is 18.5 Å². The van der Waals surface area contributed by atoms with Gasteiger partial charge in [-0.05, 0) is 103 Å². The van der Waals surface area contributed by atoms with Gasteiger partial charge < -0.3 is 18.9 Å². The number of carbonyl (C=O) groups excluding carboxylic acids is 2. The molecule has 0 fully saturated rings. The third-order valence-corrected chi connectivity index (χ3v) is 18.5. The number of quaternary nitrogens is 1. The second kappa shape index (κ2) is 75.6. The van der Waals surface area contributed by atoms with E-state index in [2.05, 4.69) is 135 Å². The zero-order valence-corrected chi connectivity index (χ0v) is 64.2. The van der Waals surface area contributed by atoms with Crippen LogP contribution in [0.4, 0.5) is 0 Å². The lowest BCUT2D eigenvalue weighted by atomic mass is 10.0. The van der Waals surface area contributed by atoms with Crippen molar-refractivity contribution in [3.63, 3.8) is 0 Å². The Labute approximate surface area is 594 Å². The minimum Gasteiger partial charge on any atom is -0.462 e. The Bertz CT molecular complexity index is 2040. The van der Waals surface area contributed by atoms with Crippen molar-refractivity contribution in [1.82, 2.24) is 0 Å². The standard InChI is InChI=1S/C86H152NO8P/c1-6-8-10-12-14-16-18-20-22-24-26-28-30-32-34-36-38-39-40-41-42-43-44-45-46-47-49-50-52-54-56-58-60-62-64-66-68-70-72-74-76-78-85(88)92-82-84(83-94-96(90,91)93-81-80-87(3,4)5)95-86(89)79-77-75-73-71-69-67-65-63-61-59-57-55-53-51-48-37-35-33-31-29-27-25-23-21-19-17-15-13-11-9-7-2/h8-11,14-17,20-23,26-29,33,35,48,51,84H,6-7,12-13,18-19,24-25,30-32,34,36-47,49-50,52-83H2,1-5H3/p+1/b10-8-,11-9-,16-14-,17-15-,22-20-,23-21-,28-26-,29-27-,35-33-,51-48-. The Morgan fingerprint density at radius 2 is 0.562 bits per heavy atom. The van der Waals surface area contributed by atoms with Gasteiger partial charge in [0.05, 0.1) is 27.7 Å². The van der Waals surface area contributed by atoms with Crippen LogP contribution in [0.2, 0.25) is 0 Å². The summed E-state index contributed by atoms with van der Waals surface area (Å²) in [7, 11) is 1.48. The summed E-state index contributed by atoms with van der Waals surface area (Å²) >= 11 is 0. The van der Waals surface area contributed by atoms with Gasteiger partial charge in [-0.3, -0.25) is 18.6 Å². The molecule has 554 valence electrons. The van der Waals surface area contributed by atoms with Crippen LogP contribution in [0.25, 0.3) is 0 Å². The summed E-state index contributed by atoms with van der Waals surface area (Å²) in [5.41, 5.74) is 0. The SMILES string of the molecule is CC/C=C\C/C=C\C/C=C\C/C=C\C/C=C\C/C=C\CCCCCCCCCCCCCCC(=O)OC(COC(=O)CCCCCCCCCCCCCCCCCCCCCCCCCCCCCC/C=C\C/C=C\C/C=C\C/C=C\CC)COP(=O)(O)OCC[N+](C)(C)C. The quantitative estimate of drug-likeness (QED) is 0.0211. The fraction of sp³-hybridized carbons (Fsp3) is 0.744. The van der Waals surface area contributed by atoms with Crippen molar-refractivity contribution in [2.75, 3.05) is 47.5 Å². The molecule has 0 spiro atoms. The number of hydrogen-bond acceptors (Lipinski definition) is 7. The maximum Gasteiger partial charge on any atom is 0.472 e. The van der Waals surface area contributed by atoms with Gasteiger partial charge in [-0.15, -0.1) is 0 Å². The molecule has 2 unspecified atom stereocenters. The van der Waals surface area contributed by atoms with Crippen LogP contribution in [0.15, 0.2) is 122 Å². The van der Waals surface area contributed by atoms with E-state index in [9.17, 15) is 19.0 Å². The van der Waals surface area contributed by atoms with Gasteiger partial charge in [0.15, 0.2) is 6.10 Å². The summed E-state index contributed by atoms with van der Waals surface area (Å²) in [6.45, 7) is 4.24. The van der Waals surface area contributed by atoms with Crippen LogP contribution in [0.3, 0.4) is 0 Å². The van der Waals surface area contributed by atoms with Crippen LogP contribution in [0, 0.1) is 0 Å². The van der Waals surface area contributed by atoms with Gasteiger partial charge >= 0.3 is 19.8 Å². The number of hydrogen-bond donors (Lipinski definition) is 1. The van der Waals surface area contributed by atoms with Crippen molar-refractivity contribution in [3.8, 4) is 0 Å². The molecule has 0 heterocycles.